The molecule has 1 aromatic heterocycles. The van der Waals surface area contributed by atoms with Crippen LogP contribution >= 0.6 is 11.5 Å². The Balaban J connectivity index is 1.35. The maximum atomic E-state index is 12.8. The fraction of sp³-hybridized carbons (Fsp3) is 0.579. The molecule has 0 radical (unpaired) electrons. The number of hydrogen-bond acceptors (Lipinski definition) is 6. The van der Waals surface area contributed by atoms with E-state index in [0.29, 0.717) is 18.2 Å². The van der Waals surface area contributed by atoms with E-state index in [4.69, 9.17) is 0 Å². The van der Waals surface area contributed by atoms with Gasteiger partial charge in [0, 0.05) is 36.7 Å². The normalized spacial score (nSPS) is 30.9. The molecule has 26 heavy (non-hydrogen) atoms. The lowest BCUT2D eigenvalue weighted by molar-refractivity contribution is 0.0619. The van der Waals surface area contributed by atoms with Gasteiger partial charge in [-0.25, -0.2) is 0 Å². The predicted molar refractivity (Wildman–Crippen MR) is 103 cm³/mol. The summed E-state index contributed by atoms with van der Waals surface area (Å²) in [5.41, 5.74) is 1.65. The van der Waals surface area contributed by atoms with Crippen LogP contribution in [0.2, 0.25) is 0 Å². The number of nitrogens with one attached hydrogen (secondary N) is 1. The Kier molecular flexibility index (Phi) is 4.10. The second-order valence-electron chi connectivity index (χ2n) is 7.82. The fourth-order valence-electron chi connectivity index (χ4n) is 4.63. The number of carbonyl (C=O) groups is 1. The molecule has 2 bridgehead atoms. The predicted octanol–water partition coefficient (Wildman–Crippen LogP) is 1.69. The molecule has 0 aliphatic carbocycles. The van der Waals surface area contributed by atoms with Crippen molar-refractivity contribution in [1.82, 2.24) is 14.6 Å². The zero-order valence-corrected chi connectivity index (χ0v) is 15.5. The van der Waals surface area contributed by atoms with Gasteiger partial charge in [-0.1, -0.05) is 0 Å². The standard InChI is InChI=1S/C19H24N4O2S/c24-14-5-8-23(10-14)13-1-2-15-17(9-13)26-21-18(15)19(25)20-16-11-22-6-3-12(16)4-7-22/h1-2,9,12,14,16,24H,3-8,10-11H2,(H,20,25)/t14-,16-/m0/s1. The van der Waals surface area contributed by atoms with Crippen LogP contribution in [-0.2, 0) is 0 Å². The van der Waals surface area contributed by atoms with Gasteiger partial charge in [0.25, 0.3) is 5.91 Å². The van der Waals surface area contributed by atoms with Crippen LogP contribution in [0.4, 0.5) is 5.69 Å². The molecule has 6 rings (SSSR count). The lowest BCUT2D eigenvalue weighted by Crippen LogP contribution is -2.57. The summed E-state index contributed by atoms with van der Waals surface area (Å²) in [4.78, 5) is 17.5. The molecule has 2 aromatic rings. The van der Waals surface area contributed by atoms with Gasteiger partial charge in [-0.15, -0.1) is 0 Å². The lowest BCUT2D eigenvalue weighted by atomic mass is 9.84. The number of fused-ring (bicyclic) bond motifs is 4. The SMILES string of the molecule is O=C(N[C@H]1CN2CCC1CC2)c1nsc2cc(N3CC[C@H](O)C3)ccc12. The fourth-order valence-corrected chi connectivity index (χ4v) is 5.44. The topological polar surface area (TPSA) is 68.7 Å². The van der Waals surface area contributed by atoms with E-state index in [0.717, 1.165) is 35.3 Å². The van der Waals surface area contributed by atoms with Crippen LogP contribution in [-0.4, -0.2) is 65.2 Å². The Hall–Kier alpha value is -1.70. The number of carbonyl (C=O) groups excluding carboxylic acids is 1. The number of aromatic nitrogens is 1. The zero-order valence-electron chi connectivity index (χ0n) is 14.7. The first kappa shape index (κ1) is 16.5. The number of hydrogen-bond donors (Lipinski definition) is 2. The quantitative estimate of drug-likeness (QED) is 0.858. The molecule has 0 saturated carbocycles. The van der Waals surface area contributed by atoms with E-state index in [2.05, 4.69) is 25.6 Å². The third-order valence-corrected chi connectivity index (χ3v) is 6.98. The number of aliphatic hydroxyl groups is 1. The molecule has 5 heterocycles. The van der Waals surface area contributed by atoms with Crippen molar-refractivity contribution in [3.05, 3.63) is 23.9 Å². The Morgan fingerprint density at radius 2 is 2.04 bits per heavy atom. The Labute approximate surface area is 157 Å². The molecule has 2 N–H and O–H groups in total. The number of nitrogens with zero attached hydrogens (tertiary/aromatic N) is 3. The van der Waals surface area contributed by atoms with Crippen LogP contribution in [0.3, 0.4) is 0 Å². The number of rotatable bonds is 3. The molecule has 1 amide bonds. The molecule has 138 valence electrons. The summed E-state index contributed by atoms with van der Waals surface area (Å²) in [6, 6.07) is 6.40. The highest BCUT2D eigenvalue weighted by Crippen LogP contribution is 2.31. The second kappa shape index (κ2) is 6.48. The van der Waals surface area contributed by atoms with Crippen molar-refractivity contribution < 1.29 is 9.90 Å². The Bertz CT molecular complexity index is 830. The van der Waals surface area contributed by atoms with Gasteiger partial charge < -0.3 is 20.2 Å². The Morgan fingerprint density at radius 1 is 1.19 bits per heavy atom. The van der Waals surface area contributed by atoms with Crippen molar-refractivity contribution in [2.45, 2.75) is 31.4 Å². The number of β-amino-alcohol motifs (C(OH)–C–C–N with tert-alkyl or cyclic N) is 1. The second-order valence-corrected chi connectivity index (χ2v) is 8.62. The molecule has 1 aromatic carbocycles. The lowest BCUT2D eigenvalue weighted by Gasteiger charge is -2.44. The van der Waals surface area contributed by atoms with Crippen LogP contribution in [0.25, 0.3) is 10.1 Å². The monoisotopic (exact) mass is 372 g/mol. The van der Waals surface area contributed by atoms with Crippen LogP contribution < -0.4 is 10.2 Å². The molecule has 2 atom stereocenters. The van der Waals surface area contributed by atoms with Gasteiger partial charge >= 0.3 is 0 Å². The summed E-state index contributed by atoms with van der Waals surface area (Å²) in [5, 5.41) is 13.9. The number of piperidine rings is 3. The highest BCUT2D eigenvalue weighted by atomic mass is 32.1. The van der Waals surface area contributed by atoms with E-state index in [-0.39, 0.29) is 18.1 Å². The third-order valence-electron chi connectivity index (χ3n) is 6.17. The highest BCUT2D eigenvalue weighted by molar-refractivity contribution is 7.13. The number of benzene rings is 1. The molecule has 4 aliphatic heterocycles. The molecule has 4 aliphatic rings. The third kappa shape index (κ3) is 2.88. The van der Waals surface area contributed by atoms with Gasteiger partial charge in [0.1, 0.15) is 5.69 Å². The minimum atomic E-state index is -0.241. The van der Waals surface area contributed by atoms with Gasteiger partial charge in [-0.05, 0) is 68.0 Å². The van der Waals surface area contributed by atoms with E-state index >= 15 is 0 Å². The summed E-state index contributed by atoms with van der Waals surface area (Å²) in [5.74, 6) is 0.571. The molecule has 6 nitrogen and oxygen atoms in total. The average Bonchev–Trinajstić information content (AvgIpc) is 3.28. The van der Waals surface area contributed by atoms with Gasteiger partial charge in [0.05, 0.1) is 10.8 Å². The van der Waals surface area contributed by atoms with E-state index in [1.807, 2.05) is 12.1 Å². The maximum Gasteiger partial charge on any atom is 0.271 e. The highest BCUT2D eigenvalue weighted by Gasteiger charge is 2.35. The van der Waals surface area contributed by atoms with E-state index < -0.39 is 0 Å². The Morgan fingerprint density at radius 3 is 2.73 bits per heavy atom. The van der Waals surface area contributed by atoms with Gasteiger partial charge in [-0.3, -0.25) is 4.79 Å². The molecule has 0 spiro atoms. The van der Waals surface area contributed by atoms with Crippen molar-refractivity contribution in [2.24, 2.45) is 5.92 Å². The largest absolute Gasteiger partial charge is 0.391 e. The smallest absolute Gasteiger partial charge is 0.271 e. The summed E-state index contributed by atoms with van der Waals surface area (Å²) in [7, 11) is 0. The van der Waals surface area contributed by atoms with Crippen molar-refractivity contribution in [3.63, 3.8) is 0 Å². The molecule has 4 fully saturated rings. The minimum Gasteiger partial charge on any atom is -0.391 e. The number of anilines is 1. The van der Waals surface area contributed by atoms with Crippen molar-refractivity contribution >= 4 is 33.2 Å². The first-order chi connectivity index (χ1) is 12.7. The molecule has 4 saturated heterocycles. The average molecular weight is 372 g/mol. The van der Waals surface area contributed by atoms with Crippen molar-refractivity contribution in [3.8, 4) is 0 Å². The molecule has 0 unspecified atom stereocenters. The minimum absolute atomic E-state index is 0.0423. The maximum absolute atomic E-state index is 12.8. The van der Waals surface area contributed by atoms with E-state index in [9.17, 15) is 9.90 Å². The van der Waals surface area contributed by atoms with Crippen LogP contribution in [0.1, 0.15) is 29.8 Å². The zero-order chi connectivity index (χ0) is 17.7. The first-order valence-electron chi connectivity index (χ1n) is 9.53. The van der Waals surface area contributed by atoms with E-state index in [1.54, 1.807) is 0 Å². The van der Waals surface area contributed by atoms with Crippen LogP contribution in [0, 0.1) is 5.92 Å². The van der Waals surface area contributed by atoms with Crippen LogP contribution in [0.15, 0.2) is 18.2 Å². The molecule has 7 heteroatoms. The summed E-state index contributed by atoms with van der Waals surface area (Å²) >= 11 is 1.38. The van der Waals surface area contributed by atoms with Gasteiger partial charge in [-0.2, -0.15) is 4.37 Å². The van der Waals surface area contributed by atoms with Crippen LogP contribution in [0.5, 0.6) is 0 Å². The summed E-state index contributed by atoms with van der Waals surface area (Å²) in [6.45, 7) is 4.87. The molecular weight excluding hydrogens is 348 g/mol. The first-order valence-corrected chi connectivity index (χ1v) is 10.3. The van der Waals surface area contributed by atoms with E-state index in [1.165, 1.54) is 37.5 Å². The molecular formula is C19H24N4O2S. The van der Waals surface area contributed by atoms with Crippen molar-refractivity contribution in [2.75, 3.05) is 37.6 Å². The number of amides is 1. The van der Waals surface area contributed by atoms with Gasteiger partial charge in [0.15, 0.2) is 0 Å². The van der Waals surface area contributed by atoms with Gasteiger partial charge in [0.2, 0.25) is 0 Å². The summed E-state index contributed by atoms with van der Waals surface area (Å²) in [6.07, 6.45) is 2.95. The number of aliphatic hydroxyl groups excluding tert-OH is 1. The summed E-state index contributed by atoms with van der Waals surface area (Å²) < 4.78 is 5.48. The van der Waals surface area contributed by atoms with Crippen molar-refractivity contribution in [1.29, 1.82) is 0 Å².